The molecule has 1 heterocycles. The molecule has 3 rings (SSSR count). The van der Waals surface area contributed by atoms with Crippen LogP contribution in [0.5, 0.6) is 5.75 Å². The average Bonchev–Trinajstić information content (AvgIpc) is 2.95. The lowest BCUT2D eigenvalue weighted by Crippen LogP contribution is -2.25. The van der Waals surface area contributed by atoms with Gasteiger partial charge in [0.1, 0.15) is 5.75 Å². The van der Waals surface area contributed by atoms with Crippen LogP contribution in [-0.2, 0) is 20.0 Å². The van der Waals surface area contributed by atoms with Crippen molar-refractivity contribution in [3.05, 3.63) is 58.5 Å². The molecule has 1 aliphatic heterocycles. The number of aromatic hydroxyl groups is 1. The Kier molecular flexibility index (Phi) is 5.36. The summed E-state index contributed by atoms with van der Waals surface area (Å²) < 4.78 is 52.1. The fraction of sp³-hybridized carbons (Fsp3) is 0.176. The first-order chi connectivity index (χ1) is 12.7. The van der Waals surface area contributed by atoms with E-state index in [1.54, 1.807) is 24.3 Å². The van der Waals surface area contributed by atoms with Crippen molar-refractivity contribution in [3.8, 4) is 5.75 Å². The second kappa shape index (κ2) is 7.41. The Morgan fingerprint density at radius 1 is 1.15 bits per heavy atom. The van der Waals surface area contributed by atoms with Crippen molar-refractivity contribution in [3.63, 3.8) is 0 Å². The number of phenolic OH excluding ortho intramolecular Hbond substituents is 1. The van der Waals surface area contributed by atoms with Gasteiger partial charge in [-0.05, 0) is 48.4 Å². The summed E-state index contributed by atoms with van der Waals surface area (Å²) in [6, 6.07) is 10.6. The molecule has 0 saturated carbocycles. The van der Waals surface area contributed by atoms with Crippen molar-refractivity contribution in [2.24, 2.45) is 0 Å². The van der Waals surface area contributed by atoms with Crippen LogP contribution in [0.15, 0.2) is 47.9 Å². The number of phenols is 1. The third kappa shape index (κ3) is 4.74. The Labute approximate surface area is 163 Å². The molecule has 1 aliphatic rings. The lowest BCUT2D eigenvalue weighted by Gasteiger charge is -2.18. The number of hydrogen-bond donors (Lipinski definition) is 2. The third-order valence-corrected chi connectivity index (χ3v) is 7.05. The van der Waals surface area contributed by atoms with Crippen LogP contribution in [0.2, 0.25) is 5.02 Å². The van der Waals surface area contributed by atoms with Gasteiger partial charge in [-0.25, -0.2) is 16.8 Å². The summed E-state index contributed by atoms with van der Waals surface area (Å²) in [5.74, 6) is -0.266. The number of hydrogen-bond acceptors (Lipinski definition) is 5. The highest BCUT2D eigenvalue weighted by atomic mass is 35.5. The highest BCUT2D eigenvalue weighted by molar-refractivity contribution is 7.95. The first-order valence-corrected chi connectivity index (χ1v) is 11.5. The van der Waals surface area contributed by atoms with E-state index in [1.807, 2.05) is 0 Å². The molecule has 0 amide bonds. The first kappa shape index (κ1) is 19.5. The van der Waals surface area contributed by atoms with E-state index < -0.39 is 20.0 Å². The van der Waals surface area contributed by atoms with Gasteiger partial charge in [0.15, 0.2) is 0 Å². The van der Waals surface area contributed by atoms with E-state index in [0.717, 1.165) is 5.41 Å². The molecule has 0 bridgehead atoms. The average molecular weight is 429 g/mol. The van der Waals surface area contributed by atoms with Gasteiger partial charge in [-0.15, -0.1) is 0 Å². The summed E-state index contributed by atoms with van der Waals surface area (Å²) in [5.41, 5.74) is 0.825. The molecule has 2 aromatic rings. The van der Waals surface area contributed by atoms with Crippen LogP contribution in [0, 0.1) is 0 Å². The second-order valence-corrected chi connectivity index (χ2v) is 9.96. The monoisotopic (exact) mass is 428 g/mol. The molecule has 1 saturated heterocycles. The third-order valence-electron chi connectivity index (χ3n) is 3.93. The molecule has 2 aromatic carbocycles. The van der Waals surface area contributed by atoms with Gasteiger partial charge >= 0.3 is 0 Å². The van der Waals surface area contributed by atoms with Crippen LogP contribution in [0.4, 0.5) is 11.4 Å². The topological polar surface area (TPSA) is 104 Å². The molecule has 7 nitrogen and oxygen atoms in total. The number of nitrogens with zero attached hydrogens (tertiary/aromatic N) is 1. The molecule has 0 radical (unpaired) electrons. The number of rotatable bonds is 5. The maximum Gasteiger partial charge on any atom is 0.255 e. The van der Waals surface area contributed by atoms with Crippen molar-refractivity contribution in [1.29, 1.82) is 0 Å². The molecule has 27 heavy (non-hydrogen) atoms. The SMILES string of the molecule is O=S(=O)(/C=C/c1ccc(Cl)cc1)Nc1cc(N2CCCS2(=O)=O)ccc1O. The fourth-order valence-corrected chi connectivity index (χ4v) is 5.18. The van der Waals surface area contributed by atoms with Gasteiger partial charge in [-0.1, -0.05) is 23.7 Å². The van der Waals surface area contributed by atoms with Gasteiger partial charge in [0.2, 0.25) is 10.0 Å². The predicted octanol–water partition coefficient (Wildman–Crippen LogP) is 3.00. The van der Waals surface area contributed by atoms with Gasteiger partial charge in [0.05, 0.1) is 22.5 Å². The molecule has 144 valence electrons. The van der Waals surface area contributed by atoms with Gasteiger partial charge in [0.25, 0.3) is 10.0 Å². The number of benzene rings is 2. The maximum absolute atomic E-state index is 12.3. The molecule has 0 aromatic heterocycles. The van der Waals surface area contributed by atoms with Gasteiger partial charge in [0, 0.05) is 11.6 Å². The van der Waals surface area contributed by atoms with Crippen LogP contribution in [0.3, 0.4) is 0 Å². The van der Waals surface area contributed by atoms with Crippen molar-refractivity contribution in [2.45, 2.75) is 6.42 Å². The predicted molar refractivity (Wildman–Crippen MR) is 107 cm³/mol. The molecule has 2 N–H and O–H groups in total. The van der Waals surface area contributed by atoms with Gasteiger partial charge in [-0.3, -0.25) is 9.03 Å². The summed E-state index contributed by atoms with van der Waals surface area (Å²) in [4.78, 5) is 0. The minimum atomic E-state index is -3.93. The minimum Gasteiger partial charge on any atom is -0.506 e. The van der Waals surface area contributed by atoms with Crippen molar-refractivity contribution >= 4 is 49.1 Å². The Hall–Kier alpha value is -2.23. The van der Waals surface area contributed by atoms with E-state index in [0.29, 0.717) is 29.2 Å². The lowest BCUT2D eigenvalue weighted by atomic mass is 10.2. The lowest BCUT2D eigenvalue weighted by molar-refractivity contribution is 0.477. The zero-order valence-corrected chi connectivity index (χ0v) is 16.4. The first-order valence-electron chi connectivity index (χ1n) is 7.96. The maximum atomic E-state index is 12.3. The van der Waals surface area contributed by atoms with E-state index in [4.69, 9.17) is 11.6 Å². The smallest absolute Gasteiger partial charge is 0.255 e. The normalized spacial score (nSPS) is 16.7. The second-order valence-electron chi connectivity index (χ2n) is 5.94. The zero-order valence-electron chi connectivity index (χ0n) is 14.0. The number of anilines is 2. The van der Waals surface area contributed by atoms with Crippen molar-refractivity contribution < 1.29 is 21.9 Å². The summed E-state index contributed by atoms with van der Waals surface area (Å²) in [7, 11) is -7.34. The number of nitrogens with one attached hydrogen (secondary N) is 1. The van der Waals surface area contributed by atoms with E-state index in [9.17, 15) is 21.9 Å². The van der Waals surface area contributed by atoms with Gasteiger partial charge in [-0.2, -0.15) is 0 Å². The molecular formula is C17H17ClN2O5S2. The largest absolute Gasteiger partial charge is 0.506 e. The number of sulfonamides is 2. The zero-order chi connectivity index (χ0) is 19.7. The van der Waals surface area contributed by atoms with E-state index in [2.05, 4.69) is 4.72 Å². The Balaban J connectivity index is 1.83. The molecule has 0 atom stereocenters. The molecular weight excluding hydrogens is 412 g/mol. The van der Waals surface area contributed by atoms with Crippen molar-refractivity contribution in [2.75, 3.05) is 21.3 Å². The molecule has 0 spiro atoms. The molecule has 0 aliphatic carbocycles. The Morgan fingerprint density at radius 2 is 1.85 bits per heavy atom. The summed E-state index contributed by atoms with van der Waals surface area (Å²) in [6.07, 6.45) is 1.87. The van der Waals surface area contributed by atoms with E-state index >= 15 is 0 Å². The standard InChI is InChI=1S/C17H17ClN2O5S2/c18-14-4-2-13(3-5-14)8-11-26(22,23)19-16-12-15(6-7-17(16)21)20-9-1-10-27(20,24)25/h2-8,11-12,19,21H,1,9-10H2/b11-8+. The quantitative estimate of drug-likeness (QED) is 0.712. The minimum absolute atomic E-state index is 0.0404. The van der Waals surface area contributed by atoms with Crippen LogP contribution in [-0.4, -0.2) is 34.2 Å². The highest BCUT2D eigenvalue weighted by Crippen LogP contribution is 2.32. The molecule has 0 unspecified atom stereocenters. The van der Waals surface area contributed by atoms with E-state index in [-0.39, 0.29) is 17.2 Å². The van der Waals surface area contributed by atoms with E-state index in [1.165, 1.54) is 28.6 Å². The van der Waals surface area contributed by atoms with Crippen LogP contribution in [0.25, 0.3) is 6.08 Å². The summed E-state index contributed by atoms with van der Waals surface area (Å²) in [5, 5.41) is 11.4. The number of halogens is 1. The highest BCUT2D eigenvalue weighted by Gasteiger charge is 2.29. The Morgan fingerprint density at radius 3 is 2.48 bits per heavy atom. The van der Waals surface area contributed by atoms with Crippen molar-refractivity contribution in [1.82, 2.24) is 0 Å². The molecule has 10 heteroatoms. The van der Waals surface area contributed by atoms with Crippen LogP contribution >= 0.6 is 11.6 Å². The van der Waals surface area contributed by atoms with Crippen LogP contribution < -0.4 is 9.03 Å². The van der Waals surface area contributed by atoms with Gasteiger partial charge < -0.3 is 5.11 Å². The fourth-order valence-electron chi connectivity index (χ4n) is 2.62. The molecule has 1 fully saturated rings. The summed E-state index contributed by atoms with van der Waals surface area (Å²) in [6.45, 7) is 0.315. The Bertz CT molecular complexity index is 1080. The summed E-state index contributed by atoms with van der Waals surface area (Å²) >= 11 is 5.79. The van der Waals surface area contributed by atoms with Crippen LogP contribution in [0.1, 0.15) is 12.0 Å².